The van der Waals surface area contributed by atoms with Gasteiger partial charge in [-0.15, -0.1) is 0 Å². The molecule has 1 aliphatic rings. The average Bonchev–Trinajstić information content (AvgIpc) is 2.65. The zero-order valence-electron chi connectivity index (χ0n) is 16.1. The summed E-state index contributed by atoms with van der Waals surface area (Å²) in [6.45, 7) is 1.88. The van der Waals surface area contributed by atoms with Crippen LogP contribution in [0.5, 0.6) is 5.75 Å². The summed E-state index contributed by atoms with van der Waals surface area (Å²) in [6.07, 6.45) is 2.56. The number of amides is 1. The average molecular weight is 398 g/mol. The molecule has 0 N–H and O–H groups in total. The highest BCUT2D eigenvalue weighted by molar-refractivity contribution is 7.89. The van der Waals surface area contributed by atoms with Crippen molar-refractivity contribution in [3.63, 3.8) is 0 Å². The van der Waals surface area contributed by atoms with Gasteiger partial charge in [-0.05, 0) is 38.0 Å². The summed E-state index contributed by atoms with van der Waals surface area (Å²) in [6, 6.07) is 3.96. The number of carbonyl (C=O) groups is 2. The molecular weight excluding hydrogens is 372 g/mol. The molecule has 1 fully saturated rings. The standard InChI is InChI=1S/C18H26N2O6S/c1-13-7-5-6-10-20(13)27(23,24)16-11-14(8-9-15(16)25-4)18(22)26-12-17(21)19(2)3/h8-9,11,13H,5-7,10,12H2,1-4H3/t13-/m1/s1. The second-order valence-electron chi connectivity index (χ2n) is 6.69. The fourth-order valence-electron chi connectivity index (χ4n) is 2.90. The van der Waals surface area contributed by atoms with Gasteiger partial charge in [-0.25, -0.2) is 13.2 Å². The largest absolute Gasteiger partial charge is 0.495 e. The van der Waals surface area contributed by atoms with E-state index in [1.54, 1.807) is 14.1 Å². The molecule has 8 nitrogen and oxygen atoms in total. The van der Waals surface area contributed by atoms with E-state index in [0.29, 0.717) is 6.54 Å². The molecule has 1 atom stereocenters. The Kier molecular flexibility index (Phi) is 6.83. The highest BCUT2D eigenvalue weighted by atomic mass is 32.2. The van der Waals surface area contributed by atoms with Gasteiger partial charge in [0.15, 0.2) is 6.61 Å². The Morgan fingerprint density at radius 1 is 1.26 bits per heavy atom. The highest BCUT2D eigenvalue weighted by Gasteiger charge is 2.33. The number of sulfonamides is 1. The second kappa shape index (κ2) is 8.71. The van der Waals surface area contributed by atoms with E-state index >= 15 is 0 Å². The minimum atomic E-state index is -3.83. The van der Waals surface area contributed by atoms with Crippen LogP contribution in [0.4, 0.5) is 0 Å². The number of likely N-dealkylation sites (N-methyl/N-ethyl adjacent to an activating group) is 1. The van der Waals surface area contributed by atoms with Gasteiger partial charge >= 0.3 is 5.97 Å². The maximum Gasteiger partial charge on any atom is 0.338 e. The molecule has 2 rings (SSSR count). The van der Waals surface area contributed by atoms with Gasteiger partial charge in [0, 0.05) is 26.7 Å². The number of carbonyl (C=O) groups excluding carboxylic acids is 2. The van der Waals surface area contributed by atoms with E-state index in [2.05, 4.69) is 0 Å². The highest BCUT2D eigenvalue weighted by Crippen LogP contribution is 2.31. The molecule has 0 radical (unpaired) electrons. The Morgan fingerprint density at radius 3 is 2.56 bits per heavy atom. The molecule has 1 aliphatic heterocycles. The third-order valence-corrected chi connectivity index (χ3v) is 6.59. The third-order valence-electron chi connectivity index (χ3n) is 4.55. The van der Waals surface area contributed by atoms with Crippen molar-refractivity contribution >= 4 is 21.9 Å². The van der Waals surface area contributed by atoms with Crippen LogP contribution in [-0.4, -0.2) is 69.9 Å². The lowest BCUT2D eigenvalue weighted by atomic mass is 10.1. The second-order valence-corrected chi connectivity index (χ2v) is 8.55. The maximum absolute atomic E-state index is 13.1. The zero-order valence-corrected chi connectivity index (χ0v) is 16.9. The van der Waals surface area contributed by atoms with Crippen molar-refractivity contribution in [2.75, 3.05) is 34.4 Å². The van der Waals surface area contributed by atoms with Crippen LogP contribution in [0.1, 0.15) is 36.5 Å². The van der Waals surface area contributed by atoms with Gasteiger partial charge in [0.25, 0.3) is 5.91 Å². The van der Waals surface area contributed by atoms with Crippen LogP contribution in [0.25, 0.3) is 0 Å². The summed E-state index contributed by atoms with van der Waals surface area (Å²) in [5.41, 5.74) is 0.0468. The van der Waals surface area contributed by atoms with Crippen LogP contribution in [0.2, 0.25) is 0 Å². The molecule has 9 heteroatoms. The molecule has 27 heavy (non-hydrogen) atoms. The number of hydrogen-bond donors (Lipinski definition) is 0. The quantitative estimate of drug-likeness (QED) is 0.674. The summed E-state index contributed by atoms with van der Waals surface area (Å²) in [5, 5.41) is 0. The molecule has 0 unspecified atom stereocenters. The molecule has 1 heterocycles. The molecule has 0 spiro atoms. The molecule has 0 aliphatic carbocycles. The van der Waals surface area contributed by atoms with Crippen molar-refractivity contribution in [1.82, 2.24) is 9.21 Å². The van der Waals surface area contributed by atoms with Gasteiger partial charge in [-0.1, -0.05) is 6.42 Å². The summed E-state index contributed by atoms with van der Waals surface area (Å²) in [4.78, 5) is 25.0. The molecule has 1 aromatic rings. The van der Waals surface area contributed by atoms with Gasteiger partial charge in [-0.2, -0.15) is 4.31 Å². The Balaban J connectivity index is 2.32. The van der Waals surface area contributed by atoms with E-state index in [4.69, 9.17) is 9.47 Å². The number of rotatable bonds is 6. The van der Waals surface area contributed by atoms with Crippen LogP contribution in [0, 0.1) is 0 Å². The van der Waals surface area contributed by atoms with E-state index in [1.165, 1.54) is 34.5 Å². The van der Waals surface area contributed by atoms with Crippen LogP contribution in [-0.2, 0) is 19.6 Å². The van der Waals surface area contributed by atoms with Gasteiger partial charge < -0.3 is 14.4 Å². The lowest BCUT2D eigenvalue weighted by molar-refractivity contribution is -0.131. The van der Waals surface area contributed by atoms with Crippen molar-refractivity contribution in [1.29, 1.82) is 0 Å². The Labute approximate surface area is 160 Å². The third kappa shape index (κ3) is 4.78. The molecule has 0 aromatic heterocycles. The normalized spacial score (nSPS) is 18.0. The van der Waals surface area contributed by atoms with Crippen LogP contribution in [0.15, 0.2) is 23.1 Å². The smallest absolute Gasteiger partial charge is 0.338 e. The fraction of sp³-hybridized carbons (Fsp3) is 0.556. The van der Waals surface area contributed by atoms with Gasteiger partial charge in [0.05, 0.1) is 12.7 Å². The van der Waals surface area contributed by atoms with E-state index in [9.17, 15) is 18.0 Å². The zero-order chi connectivity index (χ0) is 20.2. The monoisotopic (exact) mass is 398 g/mol. The first-order chi connectivity index (χ1) is 12.7. The predicted molar refractivity (Wildman–Crippen MR) is 99.2 cm³/mol. The Morgan fingerprint density at radius 2 is 1.96 bits per heavy atom. The maximum atomic E-state index is 13.1. The summed E-state index contributed by atoms with van der Waals surface area (Å²) >= 11 is 0. The van der Waals surface area contributed by atoms with Crippen LogP contribution >= 0.6 is 0 Å². The molecular formula is C18H26N2O6S. The number of hydrogen-bond acceptors (Lipinski definition) is 6. The number of ether oxygens (including phenoxy) is 2. The fourth-order valence-corrected chi connectivity index (χ4v) is 4.78. The van der Waals surface area contributed by atoms with Crippen molar-refractivity contribution in [2.45, 2.75) is 37.1 Å². The first-order valence-corrected chi connectivity index (χ1v) is 10.2. The summed E-state index contributed by atoms with van der Waals surface area (Å²) < 4.78 is 37.9. The minimum absolute atomic E-state index is 0.0468. The predicted octanol–water partition coefficient (Wildman–Crippen LogP) is 1.50. The topological polar surface area (TPSA) is 93.2 Å². The lowest BCUT2D eigenvalue weighted by Gasteiger charge is -2.32. The molecule has 1 amide bonds. The number of benzene rings is 1. The van der Waals surface area contributed by atoms with Crippen LogP contribution < -0.4 is 4.74 Å². The van der Waals surface area contributed by atoms with E-state index in [1.807, 2.05) is 6.92 Å². The molecule has 1 saturated heterocycles. The van der Waals surface area contributed by atoms with E-state index in [0.717, 1.165) is 19.3 Å². The number of methoxy groups -OCH3 is 1. The van der Waals surface area contributed by atoms with Gasteiger partial charge in [0.1, 0.15) is 10.6 Å². The first kappa shape index (κ1) is 21.2. The number of nitrogens with zero attached hydrogens (tertiary/aromatic N) is 2. The molecule has 0 bridgehead atoms. The van der Waals surface area contributed by atoms with E-state index in [-0.39, 0.29) is 28.2 Å². The number of piperidine rings is 1. The summed E-state index contributed by atoms with van der Waals surface area (Å²) in [7, 11) is 0.647. The SMILES string of the molecule is COc1ccc(C(=O)OCC(=O)N(C)C)cc1S(=O)(=O)N1CCCC[C@H]1C. The van der Waals surface area contributed by atoms with Crippen molar-refractivity contribution in [3.8, 4) is 5.75 Å². The molecule has 150 valence electrons. The van der Waals surface area contributed by atoms with Crippen molar-refractivity contribution in [3.05, 3.63) is 23.8 Å². The lowest BCUT2D eigenvalue weighted by Crippen LogP contribution is -2.42. The molecule has 1 aromatic carbocycles. The number of esters is 1. The van der Waals surface area contributed by atoms with Gasteiger partial charge in [0.2, 0.25) is 10.0 Å². The summed E-state index contributed by atoms with van der Waals surface area (Å²) in [5.74, 6) is -0.975. The molecule has 0 saturated carbocycles. The van der Waals surface area contributed by atoms with Crippen LogP contribution in [0.3, 0.4) is 0 Å². The van der Waals surface area contributed by atoms with E-state index < -0.39 is 22.6 Å². The van der Waals surface area contributed by atoms with Gasteiger partial charge in [-0.3, -0.25) is 4.79 Å². The minimum Gasteiger partial charge on any atom is -0.495 e. The van der Waals surface area contributed by atoms with Crippen molar-refractivity contribution in [2.24, 2.45) is 0 Å². The Hall–Kier alpha value is -2.13. The van der Waals surface area contributed by atoms with Crippen molar-refractivity contribution < 1.29 is 27.5 Å². The Bertz CT molecular complexity index is 806. The first-order valence-electron chi connectivity index (χ1n) is 8.75.